The van der Waals surface area contributed by atoms with Crippen LogP contribution in [-0.2, 0) is 4.79 Å². The molecular formula is C23H17FN2O2. The van der Waals surface area contributed by atoms with Gasteiger partial charge in [-0.25, -0.2) is 9.37 Å². The predicted molar refractivity (Wildman–Crippen MR) is 108 cm³/mol. The van der Waals surface area contributed by atoms with Gasteiger partial charge < -0.3 is 10.1 Å². The Hall–Kier alpha value is -3.73. The molecule has 0 aliphatic carbocycles. The molecule has 5 heteroatoms. The maximum absolute atomic E-state index is 13.0. The van der Waals surface area contributed by atoms with Crippen LogP contribution in [0.1, 0.15) is 0 Å². The molecule has 0 unspecified atom stereocenters. The number of carbonyl (C=O) groups excluding carboxylic acids is 1. The van der Waals surface area contributed by atoms with Gasteiger partial charge in [0.1, 0.15) is 11.6 Å². The van der Waals surface area contributed by atoms with Crippen LogP contribution >= 0.6 is 0 Å². The number of halogens is 1. The number of rotatable bonds is 5. The molecule has 1 N–H and O–H groups in total. The zero-order valence-corrected chi connectivity index (χ0v) is 14.9. The van der Waals surface area contributed by atoms with Gasteiger partial charge in [0.15, 0.2) is 6.61 Å². The monoisotopic (exact) mass is 372 g/mol. The number of fused-ring (bicyclic) bond motifs is 1. The highest BCUT2D eigenvalue weighted by molar-refractivity contribution is 5.93. The third-order valence-corrected chi connectivity index (χ3v) is 4.23. The van der Waals surface area contributed by atoms with Crippen LogP contribution in [0.2, 0.25) is 0 Å². The van der Waals surface area contributed by atoms with Crippen molar-refractivity contribution in [1.82, 2.24) is 4.98 Å². The van der Waals surface area contributed by atoms with Gasteiger partial charge in [0.2, 0.25) is 0 Å². The largest absolute Gasteiger partial charge is 0.483 e. The van der Waals surface area contributed by atoms with Crippen molar-refractivity contribution < 1.29 is 13.9 Å². The van der Waals surface area contributed by atoms with Gasteiger partial charge in [-0.1, -0.05) is 42.5 Å². The van der Waals surface area contributed by atoms with Gasteiger partial charge >= 0.3 is 0 Å². The molecule has 0 spiro atoms. The first-order chi connectivity index (χ1) is 13.7. The molecule has 0 saturated carbocycles. The zero-order chi connectivity index (χ0) is 19.3. The standard InChI is InChI=1S/C23H17FN2O2/c24-17-10-12-18(13-11-17)25-23(27)15-28-22-14-21(16-6-2-1-3-7-16)26-20-9-5-4-8-19(20)22/h1-14H,15H2,(H,25,27). The molecule has 0 aliphatic rings. The van der Waals surface area contributed by atoms with E-state index in [2.05, 4.69) is 5.32 Å². The molecule has 4 nitrogen and oxygen atoms in total. The first-order valence-electron chi connectivity index (χ1n) is 8.82. The van der Waals surface area contributed by atoms with E-state index in [1.807, 2.05) is 60.7 Å². The number of ether oxygens (including phenoxy) is 1. The Morgan fingerprint density at radius 3 is 2.43 bits per heavy atom. The number of carbonyl (C=O) groups is 1. The summed E-state index contributed by atoms with van der Waals surface area (Å²) in [6, 6.07) is 24.8. The summed E-state index contributed by atoms with van der Waals surface area (Å²) < 4.78 is 18.8. The molecule has 28 heavy (non-hydrogen) atoms. The number of hydrogen-bond acceptors (Lipinski definition) is 3. The fourth-order valence-electron chi connectivity index (χ4n) is 2.89. The van der Waals surface area contributed by atoms with Crippen LogP contribution < -0.4 is 10.1 Å². The average Bonchev–Trinajstić information content (AvgIpc) is 2.74. The van der Waals surface area contributed by atoms with Gasteiger partial charge in [0, 0.05) is 22.7 Å². The summed E-state index contributed by atoms with van der Waals surface area (Å²) in [5.74, 6) is -0.0987. The number of pyridine rings is 1. The van der Waals surface area contributed by atoms with E-state index in [-0.39, 0.29) is 18.3 Å². The molecule has 4 aromatic rings. The van der Waals surface area contributed by atoms with E-state index in [1.165, 1.54) is 24.3 Å². The molecule has 1 heterocycles. The number of benzene rings is 3. The van der Waals surface area contributed by atoms with Gasteiger partial charge in [-0.05, 0) is 36.4 Å². The summed E-state index contributed by atoms with van der Waals surface area (Å²) in [5, 5.41) is 3.52. The number of para-hydroxylation sites is 1. The second-order valence-electron chi connectivity index (χ2n) is 6.23. The predicted octanol–water partition coefficient (Wildman–Crippen LogP) is 5.06. The molecule has 0 saturated heterocycles. The van der Waals surface area contributed by atoms with Crippen LogP contribution in [0.4, 0.5) is 10.1 Å². The van der Waals surface area contributed by atoms with Crippen LogP contribution in [-0.4, -0.2) is 17.5 Å². The van der Waals surface area contributed by atoms with E-state index in [0.717, 1.165) is 22.2 Å². The third kappa shape index (κ3) is 3.99. The second kappa shape index (κ2) is 7.88. The van der Waals surface area contributed by atoms with Crippen molar-refractivity contribution >= 4 is 22.5 Å². The quantitative estimate of drug-likeness (QED) is 0.533. The van der Waals surface area contributed by atoms with Gasteiger partial charge in [-0.2, -0.15) is 0 Å². The van der Waals surface area contributed by atoms with Gasteiger partial charge in [0.25, 0.3) is 5.91 Å². The normalized spacial score (nSPS) is 10.6. The summed E-state index contributed by atoms with van der Waals surface area (Å²) in [6.07, 6.45) is 0. The van der Waals surface area contributed by atoms with Crippen molar-refractivity contribution in [3.63, 3.8) is 0 Å². The van der Waals surface area contributed by atoms with Gasteiger partial charge in [-0.15, -0.1) is 0 Å². The lowest BCUT2D eigenvalue weighted by Crippen LogP contribution is -2.20. The van der Waals surface area contributed by atoms with E-state index in [1.54, 1.807) is 0 Å². The first-order valence-corrected chi connectivity index (χ1v) is 8.82. The molecule has 138 valence electrons. The van der Waals surface area contributed by atoms with Crippen LogP contribution in [0.5, 0.6) is 5.75 Å². The first kappa shape index (κ1) is 17.7. The number of nitrogens with zero attached hydrogens (tertiary/aromatic N) is 1. The molecule has 1 aromatic heterocycles. The maximum atomic E-state index is 13.0. The summed E-state index contributed by atoms with van der Waals surface area (Å²) >= 11 is 0. The Bertz CT molecular complexity index is 1110. The van der Waals surface area contributed by atoms with Crippen LogP contribution in [0.3, 0.4) is 0 Å². The minimum absolute atomic E-state index is 0.167. The molecule has 0 aliphatic heterocycles. The molecule has 0 radical (unpaired) electrons. The summed E-state index contributed by atoms with van der Waals surface area (Å²) in [5.41, 5.74) is 3.04. The number of aromatic nitrogens is 1. The van der Waals surface area contributed by atoms with E-state index in [9.17, 15) is 9.18 Å². The topological polar surface area (TPSA) is 51.2 Å². The third-order valence-electron chi connectivity index (χ3n) is 4.23. The van der Waals surface area contributed by atoms with Crippen molar-refractivity contribution in [2.75, 3.05) is 11.9 Å². The lowest BCUT2D eigenvalue weighted by atomic mass is 10.1. The van der Waals surface area contributed by atoms with Crippen molar-refractivity contribution in [3.05, 3.63) is 90.7 Å². The molecule has 0 atom stereocenters. The van der Waals surface area contributed by atoms with Crippen molar-refractivity contribution in [2.45, 2.75) is 0 Å². The minimum Gasteiger partial charge on any atom is -0.483 e. The number of hydrogen-bond donors (Lipinski definition) is 1. The highest BCUT2D eigenvalue weighted by Crippen LogP contribution is 2.30. The fourth-order valence-corrected chi connectivity index (χ4v) is 2.89. The van der Waals surface area contributed by atoms with E-state index in [4.69, 9.17) is 9.72 Å². The molecule has 1 amide bonds. The van der Waals surface area contributed by atoms with Crippen molar-refractivity contribution in [2.24, 2.45) is 0 Å². The molecule has 4 rings (SSSR count). The van der Waals surface area contributed by atoms with E-state index >= 15 is 0 Å². The smallest absolute Gasteiger partial charge is 0.262 e. The van der Waals surface area contributed by atoms with Crippen LogP contribution in [0.15, 0.2) is 84.9 Å². The van der Waals surface area contributed by atoms with Gasteiger partial charge in [-0.3, -0.25) is 4.79 Å². The Labute approximate surface area is 161 Å². The lowest BCUT2D eigenvalue weighted by molar-refractivity contribution is -0.118. The Kier molecular flexibility index (Phi) is 4.97. The van der Waals surface area contributed by atoms with Crippen molar-refractivity contribution in [3.8, 4) is 17.0 Å². The Morgan fingerprint density at radius 1 is 0.929 bits per heavy atom. The summed E-state index contributed by atoms with van der Waals surface area (Å²) in [7, 11) is 0. The highest BCUT2D eigenvalue weighted by atomic mass is 19.1. The van der Waals surface area contributed by atoms with Crippen LogP contribution in [0.25, 0.3) is 22.2 Å². The Balaban J connectivity index is 1.57. The average molecular weight is 372 g/mol. The minimum atomic E-state index is -0.356. The highest BCUT2D eigenvalue weighted by Gasteiger charge is 2.10. The molecule has 0 bridgehead atoms. The summed E-state index contributed by atoms with van der Waals surface area (Å²) in [6.45, 7) is -0.167. The lowest BCUT2D eigenvalue weighted by Gasteiger charge is -2.12. The number of anilines is 1. The molecular weight excluding hydrogens is 355 g/mol. The maximum Gasteiger partial charge on any atom is 0.262 e. The SMILES string of the molecule is O=C(COc1cc(-c2ccccc2)nc2ccccc12)Nc1ccc(F)cc1. The fraction of sp³-hybridized carbons (Fsp3) is 0.0435. The van der Waals surface area contributed by atoms with Gasteiger partial charge in [0.05, 0.1) is 11.2 Å². The van der Waals surface area contributed by atoms with E-state index in [0.29, 0.717) is 11.4 Å². The van der Waals surface area contributed by atoms with Crippen molar-refractivity contribution in [1.29, 1.82) is 0 Å². The number of nitrogens with one attached hydrogen (secondary N) is 1. The molecule has 0 fully saturated rings. The Morgan fingerprint density at radius 2 is 1.64 bits per heavy atom. The zero-order valence-electron chi connectivity index (χ0n) is 14.9. The number of amides is 1. The van der Waals surface area contributed by atoms with E-state index < -0.39 is 0 Å². The van der Waals surface area contributed by atoms with Crippen LogP contribution in [0, 0.1) is 5.82 Å². The summed E-state index contributed by atoms with van der Waals surface area (Å²) in [4.78, 5) is 16.9. The second-order valence-corrected chi connectivity index (χ2v) is 6.23. The molecule has 3 aromatic carbocycles.